The van der Waals surface area contributed by atoms with Gasteiger partial charge in [-0.1, -0.05) is 6.92 Å². The first-order valence-corrected chi connectivity index (χ1v) is 5.36. The third kappa shape index (κ3) is 3.48. The molecule has 0 saturated carbocycles. The molecule has 92 valence electrons. The van der Waals surface area contributed by atoms with Gasteiger partial charge in [0.2, 0.25) is 5.91 Å². The van der Waals surface area contributed by atoms with Crippen LogP contribution < -0.4 is 11.1 Å². The number of nitrogens with two attached hydrogens (primary N) is 1. The number of amides is 1. The van der Waals surface area contributed by atoms with Crippen LogP contribution in [0.2, 0.25) is 0 Å². The SMILES string of the molecule is CCCC(=O)Nc1cc(C(=O)OC)ccc1N. The highest BCUT2D eigenvalue weighted by Crippen LogP contribution is 2.20. The fourth-order valence-corrected chi connectivity index (χ4v) is 1.35. The number of anilines is 2. The lowest BCUT2D eigenvalue weighted by molar-refractivity contribution is -0.116. The van der Waals surface area contributed by atoms with E-state index in [1.165, 1.54) is 13.2 Å². The van der Waals surface area contributed by atoms with Gasteiger partial charge >= 0.3 is 5.97 Å². The number of methoxy groups -OCH3 is 1. The molecule has 0 aliphatic heterocycles. The van der Waals surface area contributed by atoms with Gasteiger partial charge in [0.25, 0.3) is 0 Å². The van der Waals surface area contributed by atoms with Crippen LogP contribution in [0.4, 0.5) is 11.4 Å². The maximum Gasteiger partial charge on any atom is 0.337 e. The molecule has 3 N–H and O–H groups in total. The molecule has 0 heterocycles. The number of nitrogens with one attached hydrogen (secondary N) is 1. The van der Waals surface area contributed by atoms with Gasteiger partial charge in [0.1, 0.15) is 0 Å². The molecule has 1 aromatic rings. The van der Waals surface area contributed by atoms with E-state index in [0.29, 0.717) is 23.4 Å². The summed E-state index contributed by atoms with van der Waals surface area (Å²) < 4.78 is 4.59. The monoisotopic (exact) mass is 236 g/mol. The molecule has 1 aromatic carbocycles. The molecule has 0 fully saturated rings. The van der Waals surface area contributed by atoms with Crippen molar-refractivity contribution in [1.82, 2.24) is 0 Å². The summed E-state index contributed by atoms with van der Waals surface area (Å²) in [5, 5.41) is 2.66. The number of nitrogen functional groups attached to an aromatic ring is 1. The van der Waals surface area contributed by atoms with Crippen molar-refractivity contribution in [2.75, 3.05) is 18.2 Å². The minimum atomic E-state index is -0.462. The zero-order valence-corrected chi connectivity index (χ0v) is 9.95. The summed E-state index contributed by atoms with van der Waals surface area (Å²) >= 11 is 0. The van der Waals surface area contributed by atoms with Crippen LogP contribution in [0, 0.1) is 0 Å². The van der Waals surface area contributed by atoms with E-state index in [1.54, 1.807) is 12.1 Å². The summed E-state index contributed by atoms with van der Waals surface area (Å²) in [5.74, 6) is -0.586. The summed E-state index contributed by atoms with van der Waals surface area (Å²) in [5.41, 5.74) is 6.92. The van der Waals surface area contributed by atoms with Crippen LogP contribution in [0.1, 0.15) is 30.1 Å². The molecule has 0 aliphatic rings. The maximum absolute atomic E-state index is 11.4. The Morgan fingerprint density at radius 2 is 2.12 bits per heavy atom. The van der Waals surface area contributed by atoms with Crippen molar-refractivity contribution >= 4 is 23.3 Å². The average molecular weight is 236 g/mol. The number of rotatable bonds is 4. The fourth-order valence-electron chi connectivity index (χ4n) is 1.35. The molecular weight excluding hydrogens is 220 g/mol. The molecule has 1 rings (SSSR count). The van der Waals surface area contributed by atoms with Crippen molar-refractivity contribution in [2.24, 2.45) is 0 Å². The van der Waals surface area contributed by atoms with Gasteiger partial charge in [0, 0.05) is 6.42 Å². The molecular formula is C12H16N2O3. The lowest BCUT2D eigenvalue weighted by Gasteiger charge is -2.09. The predicted molar refractivity (Wildman–Crippen MR) is 65.7 cm³/mol. The Morgan fingerprint density at radius 1 is 1.41 bits per heavy atom. The molecule has 1 amide bonds. The first-order valence-electron chi connectivity index (χ1n) is 5.36. The highest BCUT2D eigenvalue weighted by Gasteiger charge is 2.10. The van der Waals surface area contributed by atoms with Crippen LogP contribution in [0.3, 0.4) is 0 Å². The molecule has 5 nitrogen and oxygen atoms in total. The summed E-state index contributed by atoms with van der Waals surface area (Å²) in [6, 6.07) is 4.62. The van der Waals surface area contributed by atoms with Crippen molar-refractivity contribution in [2.45, 2.75) is 19.8 Å². The fraction of sp³-hybridized carbons (Fsp3) is 0.333. The van der Waals surface area contributed by atoms with Crippen LogP contribution >= 0.6 is 0 Å². The lowest BCUT2D eigenvalue weighted by Crippen LogP contribution is -2.13. The minimum absolute atomic E-state index is 0.124. The molecule has 0 aliphatic carbocycles. The third-order valence-electron chi connectivity index (χ3n) is 2.23. The van der Waals surface area contributed by atoms with Crippen molar-refractivity contribution in [1.29, 1.82) is 0 Å². The van der Waals surface area contributed by atoms with E-state index >= 15 is 0 Å². The predicted octanol–water partition coefficient (Wildman–Crippen LogP) is 1.79. The Labute approximate surface area is 99.9 Å². The van der Waals surface area contributed by atoms with Crippen molar-refractivity contribution < 1.29 is 14.3 Å². The van der Waals surface area contributed by atoms with E-state index in [4.69, 9.17) is 5.73 Å². The highest BCUT2D eigenvalue weighted by atomic mass is 16.5. The quantitative estimate of drug-likeness (QED) is 0.617. The number of hydrogen-bond donors (Lipinski definition) is 2. The summed E-state index contributed by atoms with van der Waals surface area (Å²) in [6.07, 6.45) is 1.17. The molecule has 0 aromatic heterocycles. The van der Waals surface area contributed by atoms with E-state index in [-0.39, 0.29) is 5.91 Å². The molecule has 0 saturated heterocycles. The number of esters is 1. The van der Waals surface area contributed by atoms with Gasteiger partial charge in [-0.05, 0) is 24.6 Å². The summed E-state index contributed by atoms with van der Waals surface area (Å²) in [4.78, 5) is 22.7. The number of carbonyl (C=O) groups excluding carboxylic acids is 2. The van der Waals surface area contributed by atoms with E-state index in [2.05, 4.69) is 10.1 Å². The van der Waals surface area contributed by atoms with Crippen LogP contribution in [0.25, 0.3) is 0 Å². The van der Waals surface area contributed by atoms with E-state index < -0.39 is 5.97 Å². The van der Waals surface area contributed by atoms with Crippen LogP contribution in [0.5, 0.6) is 0 Å². The first kappa shape index (κ1) is 13.0. The van der Waals surface area contributed by atoms with Gasteiger partial charge in [0.05, 0.1) is 24.0 Å². The average Bonchev–Trinajstić information content (AvgIpc) is 2.31. The number of carbonyl (C=O) groups is 2. The topological polar surface area (TPSA) is 81.4 Å². The first-order chi connectivity index (χ1) is 8.08. The second kappa shape index (κ2) is 5.89. The Hall–Kier alpha value is -2.04. The van der Waals surface area contributed by atoms with Gasteiger partial charge in [0.15, 0.2) is 0 Å². The molecule has 0 spiro atoms. The van der Waals surface area contributed by atoms with Gasteiger partial charge in [-0.15, -0.1) is 0 Å². The molecule has 0 bridgehead atoms. The molecule has 5 heteroatoms. The number of ether oxygens (including phenoxy) is 1. The van der Waals surface area contributed by atoms with Crippen molar-refractivity contribution in [3.05, 3.63) is 23.8 Å². The summed E-state index contributed by atoms with van der Waals surface area (Å²) in [7, 11) is 1.30. The smallest absolute Gasteiger partial charge is 0.337 e. The molecule has 17 heavy (non-hydrogen) atoms. The normalized spacial score (nSPS) is 9.76. The Balaban J connectivity index is 2.90. The van der Waals surface area contributed by atoms with E-state index in [1.807, 2.05) is 6.92 Å². The van der Waals surface area contributed by atoms with Crippen LogP contribution in [-0.4, -0.2) is 19.0 Å². The number of hydrogen-bond acceptors (Lipinski definition) is 4. The molecule has 0 atom stereocenters. The lowest BCUT2D eigenvalue weighted by atomic mass is 10.1. The van der Waals surface area contributed by atoms with Crippen LogP contribution in [-0.2, 0) is 9.53 Å². The maximum atomic E-state index is 11.4. The minimum Gasteiger partial charge on any atom is -0.465 e. The summed E-state index contributed by atoms with van der Waals surface area (Å²) in [6.45, 7) is 1.91. The largest absolute Gasteiger partial charge is 0.465 e. The highest BCUT2D eigenvalue weighted by molar-refractivity contribution is 5.97. The van der Waals surface area contributed by atoms with Gasteiger partial charge in [-0.2, -0.15) is 0 Å². The zero-order valence-electron chi connectivity index (χ0n) is 9.95. The Bertz CT molecular complexity index is 430. The molecule has 0 radical (unpaired) electrons. The second-order valence-corrected chi connectivity index (χ2v) is 3.59. The Kier molecular flexibility index (Phi) is 4.51. The van der Waals surface area contributed by atoms with Gasteiger partial charge < -0.3 is 15.8 Å². The van der Waals surface area contributed by atoms with Crippen molar-refractivity contribution in [3.8, 4) is 0 Å². The Morgan fingerprint density at radius 3 is 2.71 bits per heavy atom. The second-order valence-electron chi connectivity index (χ2n) is 3.59. The number of benzene rings is 1. The van der Waals surface area contributed by atoms with Crippen molar-refractivity contribution in [3.63, 3.8) is 0 Å². The van der Waals surface area contributed by atoms with Gasteiger partial charge in [-0.25, -0.2) is 4.79 Å². The third-order valence-corrected chi connectivity index (χ3v) is 2.23. The zero-order chi connectivity index (χ0) is 12.8. The van der Waals surface area contributed by atoms with E-state index in [9.17, 15) is 9.59 Å². The molecule has 0 unspecified atom stereocenters. The standard InChI is InChI=1S/C12H16N2O3/c1-3-4-11(15)14-10-7-8(12(16)17-2)5-6-9(10)13/h5-7H,3-4,13H2,1-2H3,(H,14,15). The van der Waals surface area contributed by atoms with E-state index in [0.717, 1.165) is 6.42 Å². The van der Waals surface area contributed by atoms with Gasteiger partial charge in [-0.3, -0.25) is 4.79 Å². The van der Waals surface area contributed by atoms with Crippen LogP contribution in [0.15, 0.2) is 18.2 Å².